The fourth-order valence-electron chi connectivity index (χ4n) is 1.62. The number of unbranched alkanes of at least 4 members (excludes halogenated alkanes) is 5. The number of carboxylic acids is 1. The van der Waals surface area contributed by atoms with Crippen molar-refractivity contribution < 1.29 is 9.90 Å². The van der Waals surface area contributed by atoms with Gasteiger partial charge in [-0.3, -0.25) is 0 Å². The van der Waals surface area contributed by atoms with Crippen LogP contribution in [0.25, 0.3) is 0 Å². The Morgan fingerprint density at radius 3 is 2.35 bits per heavy atom. The third kappa shape index (κ3) is 8.92. The summed E-state index contributed by atoms with van der Waals surface area (Å²) in [7, 11) is 1.68. The van der Waals surface area contributed by atoms with Crippen LogP contribution in [0.1, 0.15) is 51.9 Å². The lowest BCUT2D eigenvalue weighted by Gasteiger charge is -2.15. The van der Waals surface area contributed by atoms with E-state index in [0.29, 0.717) is 11.5 Å². The second-order valence-electron chi connectivity index (χ2n) is 4.17. The molecule has 0 aromatic heterocycles. The summed E-state index contributed by atoms with van der Waals surface area (Å²) in [5, 5.41) is 14.9. The monoisotopic (exact) mass is 260 g/mol. The predicted molar refractivity (Wildman–Crippen MR) is 74.2 cm³/mol. The van der Waals surface area contributed by atoms with Gasteiger partial charge in [0.1, 0.15) is 6.04 Å². The first-order valence-electron chi connectivity index (χ1n) is 6.32. The van der Waals surface area contributed by atoms with Gasteiger partial charge in [0.05, 0.1) is 0 Å². The molecule has 0 aliphatic carbocycles. The molecule has 17 heavy (non-hydrogen) atoms. The molecule has 0 spiro atoms. The Morgan fingerprint density at radius 2 is 1.82 bits per heavy atom. The molecule has 5 heteroatoms. The lowest BCUT2D eigenvalue weighted by Crippen LogP contribution is -2.44. The quantitative estimate of drug-likeness (QED) is 0.438. The van der Waals surface area contributed by atoms with Crippen LogP contribution in [0.5, 0.6) is 0 Å². The van der Waals surface area contributed by atoms with Crippen LogP contribution in [0.4, 0.5) is 0 Å². The molecule has 1 atom stereocenters. The van der Waals surface area contributed by atoms with Crippen molar-refractivity contribution in [1.29, 1.82) is 0 Å². The van der Waals surface area contributed by atoms with E-state index in [9.17, 15) is 4.79 Å². The van der Waals surface area contributed by atoms with Gasteiger partial charge in [0.25, 0.3) is 0 Å². The minimum absolute atomic E-state index is 0.392. The zero-order chi connectivity index (χ0) is 13.1. The molecule has 0 aromatic carbocycles. The van der Waals surface area contributed by atoms with Crippen molar-refractivity contribution in [3.63, 3.8) is 0 Å². The van der Waals surface area contributed by atoms with Crippen LogP contribution in [-0.2, 0) is 4.79 Å². The van der Waals surface area contributed by atoms with E-state index in [0.717, 1.165) is 12.8 Å². The van der Waals surface area contributed by atoms with Crippen LogP contribution in [-0.4, -0.2) is 29.3 Å². The molecular weight excluding hydrogens is 236 g/mol. The van der Waals surface area contributed by atoms with Crippen LogP contribution in [0.2, 0.25) is 0 Å². The number of hydrogen-bond donors (Lipinski definition) is 3. The van der Waals surface area contributed by atoms with E-state index >= 15 is 0 Å². The molecule has 0 saturated heterocycles. The summed E-state index contributed by atoms with van der Waals surface area (Å²) >= 11 is 4.90. The van der Waals surface area contributed by atoms with Crippen LogP contribution in [0, 0.1) is 0 Å². The number of rotatable bonds is 9. The van der Waals surface area contributed by atoms with E-state index in [1.165, 1.54) is 25.7 Å². The SMILES string of the molecule is CCCCCCCCC(NC(=S)NC)C(=O)O. The van der Waals surface area contributed by atoms with Crippen molar-refractivity contribution >= 4 is 23.3 Å². The Kier molecular flexibility index (Phi) is 9.81. The molecule has 1 unspecified atom stereocenters. The summed E-state index contributed by atoms with van der Waals surface area (Å²) in [5.74, 6) is -0.837. The number of thiocarbonyl (C=S) groups is 1. The Bertz CT molecular complexity index is 235. The van der Waals surface area contributed by atoms with E-state index in [2.05, 4.69) is 17.6 Å². The summed E-state index contributed by atoms with van der Waals surface area (Å²) in [6.07, 6.45) is 7.59. The number of carboxylic acid groups (broad SMARTS) is 1. The minimum atomic E-state index is -0.837. The molecule has 3 N–H and O–H groups in total. The van der Waals surface area contributed by atoms with Crippen LogP contribution >= 0.6 is 12.2 Å². The molecule has 0 aromatic rings. The lowest BCUT2D eigenvalue weighted by atomic mass is 10.1. The van der Waals surface area contributed by atoms with E-state index in [1.54, 1.807) is 7.05 Å². The zero-order valence-electron chi connectivity index (χ0n) is 10.8. The largest absolute Gasteiger partial charge is 0.480 e. The smallest absolute Gasteiger partial charge is 0.326 e. The third-order valence-corrected chi connectivity index (χ3v) is 3.00. The molecule has 100 valence electrons. The van der Waals surface area contributed by atoms with Crippen LogP contribution in [0.3, 0.4) is 0 Å². The highest BCUT2D eigenvalue weighted by Gasteiger charge is 2.16. The minimum Gasteiger partial charge on any atom is -0.480 e. The number of nitrogens with one attached hydrogen (secondary N) is 2. The molecule has 0 bridgehead atoms. The van der Waals surface area contributed by atoms with Gasteiger partial charge in [0.15, 0.2) is 5.11 Å². The Balaban J connectivity index is 3.71. The summed E-state index contributed by atoms with van der Waals surface area (Å²) in [4.78, 5) is 11.0. The summed E-state index contributed by atoms with van der Waals surface area (Å²) in [5.41, 5.74) is 0. The second-order valence-corrected chi connectivity index (χ2v) is 4.58. The van der Waals surface area contributed by atoms with Crippen molar-refractivity contribution in [3.05, 3.63) is 0 Å². The molecule has 0 heterocycles. The zero-order valence-corrected chi connectivity index (χ0v) is 11.6. The van der Waals surface area contributed by atoms with E-state index in [4.69, 9.17) is 17.3 Å². The number of carbonyl (C=O) groups is 1. The molecule has 0 saturated carbocycles. The molecule has 0 amide bonds. The fourth-order valence-corrected chi connectivity index (χ4v) is 1.76. The topological polar surface area (TPSA) is 61.4 Å². The average molecular weight is 260 g/mol. The molecule has 0 aliphatic rings. The first kappa shape index (κ1) is 16.2. The van der Waals surface area contributed by atoms with Gasteiger partial charge in [-0.25, -0.2) is 4.79 Å². The first-order valence-corrected chi connectivity index (χ1v) is 6.73. The van der Waals surface area contributed by atoms with Gasteiger partial charge in [-0.15, -0.1) is 0 Å². The van der Waals surface area contributed by atoms with Gasteiger partial charge in [0, 0.05) is 7.05 Å². The van der Waals surface area contributed by atoms with Crippen molar-refractivity contribution in [2.24, 2.45) is 0 Å². The summed E-state index contributed by atoms with van der Waals surface area (Å²) in [6.45, 7) is 2.18. The van der Waals surface area contributed by atoms with Gasteiger partial charge in [-0.1, -0.05) is 45.4 Å². The van der Waals surface area contributed by atoms with Gasteiger partial charge >= 0.3 is 5.97 Å². The van der Waals surface area contributed by atoms with Gasteiger partial charge in [-0.2, -0.15) is 0 Å². The van der Waals surface area contributed by atoms with Gasteiger partial charge < -0.3 is 15.7 Å². The van der Waals surface area contributed by atoms with Crippen LogP contribution in [0.15, 0.2) is 0 Å². The molecule has 4 nitrogen and oxygen atoms in total. The second kappa shape index (κ2) is 10.3. The average Bonchev–Trinajstić information content (AvgIpc) is 2.31. The highest BCUT2D eigenvalue weighted by Crippen LogP contribution is 2.08. The summed E-state index contributed by atoms with van der Waals surface area (Å²) in [6, 6.07) is -0.568. The number of aliphatic carboxylic acids is 1. The van der Waals surface area contributed by atoms with E-state index < -0.39 is 12.0 Å². The van der Waals surface area contributed by atoms with Crippen molar-refractivity contribution in [3.8, 4) is 0 Å². The molecule has 0 radical (unpaired) electrons. The highest BCUT2D eigenvalue weighted by atomic mass is 32.1. The lowest BCUT2D eigenvalue weighted by molar-refractivity contribution is -0.139. The maximum absolute atomic E-state index is 11.0. The van der Waals surface area contributed by atoms with E-state index in [-0.39, 0.29) is 0 Å². The maximum Gasteiger partial charge on any atom is 0.326 e. The van der Waals surface area contributed by atoms with Crippen molar-refractivity contribution in [2.75, 3.05) is 7.05 Å². The highest BCUT2D eigenvalue weighted by molar-refractivity contribution is 7.80. The number of hydrogen-bond acceptors (Lipinski definition) is 2. The Morgan fingerprint density at radius 1 is 1.24 bits per heavy atom. The van der Waals surface area contributed by atoms with Crippen molar-refractivity contribution in [1.82, 2.24) is 10.6 Å². The van der Waals surface area contributed by atoms with Gasteiger partial charge in [-0.05, 0) is 18.6 Å². The van der Waals surface area contributed by atoms with Crippen molar-refractivity contribution in [2.45, 2.75) is 57.9 Å². The Hall–Kier alpha value is -0.840. The van der Waals surface area contributed by atoms with Gasteiger partial charge in [0.2, 0.25) is 0 Å². The standard InChI is InChI=1S/C12H24N2O2S/c1-3-4-5-6-7-8-9-10(11(15)16)14-12(17)13-2/h10H,3-9H2,1-2H3,(H,15,16)(H2,13,14,17). The predicted octanol–water partition coefficient (Wildman–Crippen LogP) is 2.28. The van der Waals surface area contributed by atoms with Crippen LogP contribution < -0.4 is 10.6 Å². The molecule has 0 aliphatic heterocycles. The molecule has 0 rings (SSSR count). The molecule has 0 fully saturated rings. The first-order chi connectivity index (χ1) is 8.11. The normalized spacial score (nSPS) is 11.9. The Labute approximate surface area is 109 Å². The molecular formula is C12H24N2O2S. The van der Waals surface area contributed by atoms with E-state index in [1.807, 2.05) is 0 Å². The fraction of sp³-hybridized carbons (Fsp3) is 0.833. The summed E-state index contributed by atoms with van der Waals surface area (Å²) < 4.78 is 0. The maximum atomic E-state index is 11.0. The third-order valence-electron chi connectivity index (χ3n) is 2.68.